The standard InChI is InChI=1S/C13H17ClN2O3/c1-18-11-6-16(7-12(11)19-2)13(17)9-4-3-8(15)5-10(9)14/h3-5,11-12H,6-7,15H2,1-2H3. The molecule has 0 radical (unpaired) electrons. The molecule has 1 saturated heterocycles. The summed E-state index contributed by atoms with van der Waals surface area (Å²) in [7, 11) is 3.22. The van der Waals surface area contributed by atoms with Crippen LogP contribution in [0.3, 0.4) is 0 Å². The molecular weight excluding hydrogens is 268 g/mol. The molecule has 5 nitrogen and oxygen atoms in total. The molecule has 2 atom stereocenters. The molecule has 0 aromatic heterocycles. The lowest BCUT2D eigenvalue weighted by Crippen LogP contribution is -2.30. The number of anilines is 1. The number of nitrogens with zero attached hydrogens (tertiary/aromatic N) is 1. The molecule has 1 amide bonds. The van der Waals surface area contributed by atoms with Gasteiger partial charge in [-0.25, -0.2) is 0 Å². The van der Waals surface area contributed by atoms with Crippen molar-refractivity contribution in [2.75, 3.05) is 33.0 Å². The zero-order chi connectivity index (χ0) is 14.0. The van der Waals surface area contributed by atoms with Crippen molar-refractivity contribution in [1.29, 1.82) is 0 Å². The Labute approximate surface area is 117 Å². The van der Waals surface area contributed by atoms with Gasteiger partial charge in [-0.05, 0) is 18.2 Å². The second-order valence-corrected chi connectivity index (χ2v) is 4.90. The van der Waals surface area contributed by atoms with E-state index in [1.807, 2.05) is 0 Å². The molecule has 2 rings (SSSR count). The number of rotatable bonds is 3. The number of hydrogen-bond donors (Lipinski definition) is 1. The summed E-state index contributed by atoms with van der Waals surface area (Å²) >= 11 is 6.05. The molecule has 2 unspecified atom stereocenters. The van der Waals surface area contributed by atoms with Crippen molar-refractivity contribution in [3.8, 4) is 0 Å². The SMILES string of the molecule is COC1CN(C(=O)c2ccc(N)cc2Cl)CC1OC. The van der Waals surface area contributed by atoms with Crippen molar-refractivity contribution in [2.45, 2.75) is 12.2 Å². The van der Waals surface area contributed by atoms with Gasteiger partial charge < -0.3 is 20.1 Å². The number of ether oxygens (including phenoxy) is 2. The van der Waals surface area contributed by atoms with Gasteiger partial charge in [0.25, 0.3) is 5.91 Å². The summed E-state index contributed by atoms with van der Waals surface area (Å²) in [6.45, 7) is 0.989. The normalized spacial score (nSPS) is 22.8. The Morgan fingerprint density at radius 2 is 1.89 bits per heavy atom. The van der Waals surface area contributed by atoms with Gasteiger partial charge in [-0.1, -0.05) is 11.6 Å². The largest absolute Gasteiger partial charge is 0.399 e. The summed E-state index contributed by atoms with van der Waals surface area (Å²) in [4.78, 5) is 14.1. The van der Waals surface area contributed by atoms with Gasteiger partial charge in [0.15, 0.2) is 0 Å². The Balaban J connectivity index is 2.17. The maximum Gasteiger partial charge on any atom is 0.255 e. The van der Waals surface area contributed by atoms with Crippen molar-refractivity contribution < 1.29 is 14.3 Å². The molecule has 1 fully saturated rings. The minimum atomic E-state index is -0.133. The van der Waals surface area contributed by atoms with Crippen molar-refractivity contribution in [3.63, 3.8) is 0 Å². The van der Waals surface area contributed by atoms with Crippen molar-refractivity contribution >= 4 is 23.2 Å². The Bertz CT molecular complexity index is 469. The summed E-state index contributed by atoms with van der Waals surface area (Å²) < 4.78 is 10.6. The number of carbonyl (C=O) groups is 1. The van der Waals surface area contributed by atoms with Crippen molar-refractivity contribution in [3.05, 3.63) is 28.8 Å². The third-order valence-corrected chi connectivity index (χ3v) is 3.64. The highest BCUT2D eigenvalue weighted by Gasteiger charge is 2.36. The zero-order valence-corrected chi connectivity index (χ0v) is 11.7. The lowest BCUT2D eigenvalue weighted by Gasteiger charge is -2.16. The minimum Gasteiger partial charge on any atom is -0.399 e. The van der Waals surface area contributed by atoms with Gasteiger partial charge in [-0.15, -0.1) is 0 Å². The highest BCUT2D eigenvalue weighted by atomic mass is 35.5. The zero-order valence-electron chi connectivity index (χ0n) is 10.9. The molecule has 1 heterocycles. The van der Waals surface area contributed by atoms with Gasteiger partial charge >= 0.3 is 0 Å². The van der Waals surface area contributed by atoms with E-state index in [1.165, 1.54) is 0 Å². The average Bonchev–Trinajstić information content (AvgIpc) is 2.81. The van der Waals surface area contributed by atoms with E-state index in [2.05, 4.69) is 0 Å². The molecule has 1 aliphatic rings. The summed E-state index contributed by atoms with van der Waals surface area (Å²) in [5, 5.41) is 0.361. The van der Waals surface area contributed by atoms with Crippen LogP contribution in [0.1, 0.15) is 10.4 Å². The predicted octanol–water partition coefficient (Wildman–Crippen LogP) is 1.41. The highest BCUT2D eigenvalue weighted by molar-refractivity contribution is 6.34. The van der Waals surface area contributed by atoms with Crippen molar-refractivity contribution in [1.82, 2.24) is 4.90 Å². The second-order valence-electron chi connectivity index (χ2n) is 4.50. The molecule has 1 aromatic rings. The lowest BCUT2D eigenvalue weighted by atomic mass is 10.2. The highest BCUT2D eigenvalue weighted by Crippen LogP contribution is 2.24. The Morgan fingerprint density at radius 1 is 1.32 bits per heavy atom. The Morgan fingerprint density at radius 3 is 2.37 bits per heavy atom. The number of benzene rings is 1. The van der Waals surface area contributed by atoms with Crippen LogP contribution in [-0.4, -0.2) is 50.3 Å². The van der Waals surface area contributed by atoms with Gasteiger partial charge in [-0.2, -0.15) is 0 Å². The fourth-order valence-corrected chi connectivity index (χ4v) is 2.51. The van der Waals surface area contributed by atoms with Crippen LogP contribution in [0, 0.1) is 0 Å². The van der Waals surface area contributed by atoms with E-state index in [1.54, 1.807) is 37.3 Å². The quantitative estimate of drug-likeness (QED) is 0.853. The molecule has 2 N–H and O–H groups in total. The Kier molecular flexibility index (Phi) is 4.29. The third kappa shape index (κ3) is 2.83. The van der Waals surface area contributed by atoms with Crippen LogP contribution in [-0.2, 0) is 9.47 Å². The van der Waals surface area contributed by atoms with Crippen LogP contribution >= 0.6 is 11.6 Å². The molecule has 0 bridgehead atoms. The second kappa shape index (κ2) is 5.77. The molecule has 0 spiro atoms. The smallest absolute Gasteiger partial charge is 0.255 e. The third-order valence-electron chi connectivity index (χ3n) is 3.33. The van der Waals surface area contributed by atoms with E-state index in [0.717, 1.165) is 0 Å². The first kappa shape index (κ1) is 14.1. The molecule has 1 aromatic carbocycles. The number of hydrogen-bond acceptors (Lipinski definition) is 4. The van der Waals surface area contributed by atoms with Gasteiger partial charge in [0.1, 0.15) is 12.2 Å². The van der Waals surface area contributed by atoms with Crippen LogP contribution in [0.2, 0.25) is 5.02 Å². The molecule has 104 valence electrons. The first-order chi connectivity index (χ1) is 9.06. The molecule has 19 heavy (non-hydrogen) atoms. The maximum absolute atomic E-state index is 12.4. The van der Waals surface area contributed by atoms with Gasteiger partial charge in [-0.3, -0.25) is 4.79 Å². The maximum atomic E-state index is 12.4. The van der Waals surface area contributed by atoms with Crippen LogP contribution in [0.25, 0.3) is 0 Å². The van der Waals surface area contributed by atoms with E-state index >= 15 is 0 Å². The van der Waals surface area contributed by atoms with Gasteiger partial charge in [0.05, 0.1) is 10.6 Å². The van der Waals surface area contributed by atoms with Crippen molar-refractivity contribution in [2.24, 2.45) is 0 Å². The van der Waals surface area contributed by atoms with Crippen LogP contribution in [0.5, 0.6) is 0 Å². The first-order valence-corrected chi connectivity index (χ1v) is 6.34. The summed E-state index contributed by atoms with van der Waals surface area (Å²) in [5.74, 6) is -0.133. The van der Waals surface area contributed by atoms with Crippen LogP contribution in [0.15, 0.2) is 18.2 Å². The molecular formula is C13H17ClN2O3. The fraction of sp³-hybridized carbons (Fsp3) is 0.462. The van der Waals surface area contributed by atoms with E-state index in [4.69, 9.17) is 26.8 Å². The van der Waals surface area contributed by atoms with Gasteiger partial charge in [0.2, 0.25) is 0 Å². The predicted molar refractivity (Wildman–Crippen MR) is 73.4 cm³/mol. The minimum absolute atomic E-state index is 0.110. The molecule has 1 aliphatic heterocycles. The topological polar surface area (TPSA) is 64.8 Å². The van der Waals surface area contributed by atoms with E-state index < -0.39 is 0 Å². The van der Waals surface area contributed by atoms with Crippen LogP contribution < -0.4 is 5.73 Å². The number of nitrogen functional groups attached to an aromatic ring is 1. The number of halogens is 1. The summed E-state index contributed by atoms with van der Waals surface area (Å²) in [6.07, 6.45) is -0.219. The first-order valence-electron chi connectivity index (χ1n) is 5.96. The molecule has 0 saturated carbocycles. The lowest BCUT2D eigenvalue weighted by molar-refractivity contribution is -0.00461. The fourth-order valence-electron chi connectivity index (χ4n) is 2.24. The number of nitrogens with two attached hydrogens (primary N) is 1. The van der Waals surface area contributed by atoms with Gasteiger partial charge in [0, 0.05) is 33.0 Å². The van der Waals surface area contributed by atoms with E-state index in [0.29, 0.717) is 29.4 Å². The number of methoxy groups -OCH3 is 2. The number of amides is 1. The summed E-state index contributed by atoms with van der Waals surface area (Å²) in [6, 6.07) is 4.88. The van der Waals surface area contributed by atoms with E-state index in [-0.39, 0.29) is 18.1 Å². The Hall–Kier alpha value is -1.30. The molecule has 6 heteroatoms. The van der Waals surface area contributed by atoms with E-state index in [9.17, 15) is 4.79 Å². The number of carbonyl (C=O) groups excluding carboxylic acids is 1. The summed E-state index contributed by atoms with van der Waals surface area (Å²) in [5.41, 5.74) is 6.60. The average molecular weight is 285 g/mol. The van der Waals surface area contributed by atoms with Crippen LogP contribution in [0.4, 0.5) is 5.69 Å². The molecule has 0 aliphatic carbocycles. The monoisotopic (exact) mass is 284 g/mol. The number of likely N-dealkylation sites (tertiary alicyclic amines) is 1.